The predicted octanol–water partition coefficient (Wildman–Crippen LogP) is 3.72. The molecule has 3 N–H and O–H groups in total. The number of benzene rings is 2. The van der Waals surface area contributed by atoms with Crippen molar-refractivity contribution < 1.29 is 29.2 Å². The summed E-state index contributed by atoms with van der Waals surface area (Å²) in [5.74, 6) is 0.798. The number of amides is 1. The predicted molar refractivity (Wildman–Crippen MR) is 101 cm³/mol. The van der Waals surface area contributed by atoms with Crippen molar-refractivity contribution in [1.82, 2.24) is 0 Å². The van der Waals surface area contributed by atoms with Gasteiger partial charge >= 0.3 is 6.09 Å². The highest BCUT2D eigenvalue weighted by Crippen LogP contribution is 2.34. The molecule has 0 saturated heterocycles. The van der Waals surface area contributed by atoms with Crippen LogP contribution in [0.2, 0.25) is 0 Å². The third-order valence-corrected chi connectivity index (χ3v) is 4.20. The van der Waals surface area contributed by atoms with Gasteiger partial charge in [-0.15, -0.1) is 0 Å². The zero-order chi connectivity index (χ0) is 19.8. The first kappa shape index (κ1) is 20.4. The van der Waals surface area contributed by atoms with Crippen molar-refractivity contribution in [3.8, 4) is 17.2 Å². The van der Waals surface area contributed by atoms with Crippen molar-refractivity contribution in [2.24, 2.45) is 5.92 Å². The smallest absolute Gasteiger partial charge is 0.412 e. The summed E-state index contributed by atoms with van der Waals surface area (Å²) < 4.78 is 15.7. The lowest BCUT2D eigenvalue weighted by atomic mass is 9.94. The Morgan fingerprint density at radius 3 is 2.37 bits per heavy atom. The number of anilines is 1. The standard InChI is InChI=1S/C20H25NO6/c1-13(10-11-22)19(14-4-9-18(26-3)17(23)12-14)27-20(24)21-15-5-7-16(25-2)8-6-15/h4-9,12-13,19,22-23H,10-11H2,1-3H3,(H,21,24)/t13-,19+/m0/s1. The van der Waals surface area contributed by atoms with Gasteiger partial charge in [-0.2, -0.15) is 0 Å². The molecule has 0 aliphatic rings. The number of ether oxygens (including phenoxy) is 3. The maximum Gasteiger partial charge on any atom is 0.412 e. The lowest BCUT2D eigenvalue weighted by Gasteiger charge is -2.24. The number of hydrogen-bond acceptors (Lipinski definition) is 6. The first-order valence-electron chi connectivity index (χ1n) is 8.58. The van der Waals surface area contributed by atoms with Crippen LogP contribution in [0.3, 0.4) is 0 Å². The second kappa shape index (κ2) is 9.68. The number of methoxy groups -OCH3 is 2. The van der Waals surface area contributed by atoms with Gasteiger partial charge in [0.1, 0.15) is 11.9 Å². The Hall–Kier alpha value is -2.93. The third kappa shape index (κ3) is 5.52. The van der Waals surface area contributed by atoms with Crippen LogP contribution in [0.5, 0.6) is 17.2 Å². The van der Waals surface area contributed by atoms with Crippen LogP contribution in [-0.2, 0) is 4.74 Å². The van der Waals surface area contributed by atoms with E-state index >= 15 is 0 Å². The summed E-state index contributed by atoms with van der Waals surface area (Å²) in [5.41, 5.74) is 1.17. The normalized spacial score (nSPS) is 12.7. The summed E-state index contributed by atoms with van der Waals surface area (Å²) in [6.07, 6.45) is -0.842. The molecule has 0 aliphatic heterocycles. The molecule has 2 rings (SSSR count). The first-order chi connectivity index (χ1) is 13.0. The maximum atomic E-state index is 12.4. The number of phenolic OH excluding ortho intramolecular Hbond substituents is 1. The lowest BCUT2D eigenvalue weighted by molar-refractivity contribution is 0.0666. The Bertz CT molecular complexity index is 747. The molecule has 0 saturated carbocycles. The van der Waals surface area contributed by atoms with Crippen molar-refractivity contribution >= 4 is 11.8 Å². The molecular weight excluding hydrogens is 350 g/mol. The molecule has 0 aromatic heterocycles. The molecule has 7 heteroatoms. The fraction of sp³-hybridized carbons (Fsp3) is 0.350. The van der Waals surface area contributed by atoms with E-state index in [9.17, 15) is 15.0 Å². The van der Waals surface area contributed by atoms with Crippen LogP contribution in [0, 0.1) is 5.92 Å². The number of hydrogen-bond donors (Lipinski definition) is 3. The molecule has 146 valence electrons. The van der Waals surface area contributed by atoms with Gasteiger partial charge in [0.15, 0.2) is 11.5 Å². The summed E-state index contributed by atoms with van der Waals surface area (Å²) in [7, 11) is 3.02. The number of aliphatic hydroxyl groups is 1. The Balaban J connectivity index is 2.15. The first-order valence-corrected chi connectivity index (χ1v) is 8.58. The summed E-state index contributed by atoms with van der Waals surface area (Å²) in [6.45, 7) is 1.83. The fourth-order valence-corrected chi connectivity index (χ4v) is 2.69. The maximum absolute atomic E-state index is 12.4. The van der Waals surface area contributed by atoms with Crippen molar-refractivity contribution in [3.63, 3.8) is 0 Å². The van der Waals surface area contributed by atoms with Gasteiger partial charge in [-0.1, -0.05) is 13.0 Å². The molecule has 27 heavy (non-hydrogen) atoms. The van der Waals surface area contributed by atoms with Gasteiger partial charge < -0.3 is 24.4 Å². The highest BCUT2D eigenvalue weighted by molar-refractivity contribution is 5.84. The van der Waals surface area contributed by atoms with Crippen LogP contribution in [0.1, 0.15) is 25.0 Å². The monoisotopic (exact) mass is 375 g/mol. The Labute approximate surface area is 158 Å². The molecule has 0 heterocycles. The number of rotatable bonds is 8. The van der Waals surface area contributed by atoms with Gasteiger partial charge in [0.2, 0.25) is 0 Å². The van der Waals surface area contributed by atoms with Crippen molar-refractivity contribution in [2.45, 2.75) is 19.4 Å². The summed E-state index contributed by atoms with van der Waals surface area (Å²) in [6, 6.07) is 11.7. The highest BCUT2D eigenvalue weighted by atomic mass is 16.6. The minimum atomic E-state index is -0.646. The molecule has 2 atom stereocenters. The van der Waals surface area contributed by atoms with E-state index in [0.29, 0.717) is 29.2 Å². The SMILES string of the molecule is COc1ccc(NC(=O)O[C@@H](c2ccc(OC)c(O)c2)[C@@H](C)CCO)cc1. The molecule has 0 spiro atoms. The minimum absolute atomic E-state index is 0.0384. The van der Waals surface area contributed by atoms with Crippen molar-refractivity contribution in [3.05, 3.63) is 48.0 Å². The number of nitrogens with one attached hydrogen (secondary N) is 1. The highest BCUT2D eigenvalue weighted by Gasteiger charge is 2.24. The van der Waals surface area contributed by atoms with Gasteiger partial charge in [-0.3, -0.25) is 5.32 Å². The molecular formula is C20H25NO6. The van der Waals surface area contributed by atoms with Gasteiger partial charge in [-0.05, 0) is 54.3 Å². The van der Waals surface area contributed by atoms with Crippen molar-refractivity contribution in [2.75, 3.05) is 26.1 Å². The van der Waals surface area contributed by atoms with E-state index < -0.39 is 12.2 Å². The molecule has 7 nitrogen and oxygen atoms in total. The second-order valence-electron chi connectivity index (χ2n) is 6.10. The van der Waals surface area contributed by atoms with E-state index in [1.807, 2.05) is 6.92 Å². The van der Waals surface area contributed by atoms with E-state index in [2.05, 4.69) is 5.32 Å². The van der Waals surface area contributed by atoms with Crippen LogP contribution in [0.15, 0.2) is 42.5 Å². The van der Waals surface area contributed by atoms with Crippen LogP contribution in [0.4, 0.5) is 10.5 Å². The minimum Gasteiger partial charge on any atom is -0.504 e. The largest absolute Gasteiger partial charge is 0.504 e. The second-order valence-corrected chi connectivity index (χ2v) is 6.10. The zero-order valence-corrected chi connectivity index (χ0v) is 15.6. The van der Waals surface area contributed by atoms with Crippen LogP contribution >= 0.6 is 0 Å². The van der Waals surface area contributed by atoms with E-state index in [1.165, 1.54) is 13.2 Å². The van der Waals surface area contributed by atoms with E-state index in [-0.39, 0.29) is 18.3 Å². The molecule has 1 amide bonds. The number of aromatic hydroxyl groups is 1. The van der Waals surface area contributed by atoms with E-state index in [4.69, 9.17) is 14.2 Å². The molecule has 2 aromatic carbocycles. The van der Waals surface area contributed by atoms with Gasteiger partial charge in [0.25, 0.3) is 0 Å². The van der Waals surface area contributed by atoms with Crippen molar-refractivity contribution in [1.29, 1.82) is 0 Å². The van der Waals surface area contributed by atoms with Crippen LogP contribution < -0.4 is 14.8 Å². The summed E-state index contributed by atoms with van der Waals surface area (Å²) >= 11 is 0. The molecule has 0 unspecified atom stereocenters. The molecule has 0 bridgehead atoms. The van der Waals surface area contributed by atoms with Gasteiger partial charge in [0, 0.05) is 12.3 Å². The van der Waals surface area contributed by atoms with Gasteiger partial charge in [0.05, 0.1) is 14.2 Å². The average Bonchev–Trinajstić information content (AvgIpc) is 2.66. The molecule has 0 fully saturated rings. The summed E-state index contributed by atoms with van der Waals surface area (Å²) in [5, 5.41) is 21.9. The zero-order valence-electron chi connectivity index (χ0n) is 15.6. The number of carbonyl (C=O) groups is 1. The molecule has 0 aliphatic carbocycles. The average molecular weight is 375 g/mol. The quantitative estimate of drug-likeness (QED) is 0.651. The van der Waals surface area contributed by atoms with Crippen LogP contribution in [0.25, 0.3) is 0 Å². The third-order valence-electron chi connectivity index (χ3n) is 4.20. The molecule has 2 aromatic rings. The number of aliphatic hydroxyl groups excluding tert-OH is 1. The number of phenols is 1. The van der Waals surface area contributed by atoms with Gasteiger partial charge in [-0.25, -0.2) is 4.79 Å². The Morgan fingerprint density at radius 1 is 1.11 bits per heavy atom. The number of carbonyl (C=O) groups excluding carboxylic acids is 1. The Morgan fingerprint density at radius 2 is 1.81 bits per heavy atom. The van der Waals surface area contributed by atoms with E-state index in [1.54, 1.807) is 43.5 Å². The van der Waals surface area contributed by atoms with E-state index in [0.717, 1.165) is 0 Å². The molecule has 0 radical (unpaired) electrons. The summed E-state index contributed by atoms with van der Waals surface area (Å²) in [4.78, 5) is 12.4. The van der Waals surface area contributed by atoms with Crippen LogP contribution in [-0.4, -0.2) is 37.1 Å². The fourth-order valence-electron chi connectivity index (χ4n) is 2.69. The topological polar surface area (TPSA) is 97.3 Å². The Kier molecular flexibility index (Phi) is 7.31. The lowest BCUT2D eigenvalue weighted by Crippen LogP contribution is -2.22.